The number of benzene rings is 2. The van der Waals surface area contributed by atoms with E-state index in [1.54, 1.807) is 24.3 Å². The van der Waals surface area contributed by atoms with Crippen molar-refractivity contribution in [2.75, 3.05) is 5.32 Å². The van der Waals surface area contributed by atoms with Crippen molar-refractivity contribution < 1.29 is 4.79 Å². The number of fused-ring (bicyclic) bond motifs is 1. The number of aromatic amines is 1. The van der Waals surface area contributed by atoms with Crippen LogP contribution in [0, 0.1) is 0 Å². The highest BCUT2D eigenvalue weighted by Gasteiger charge is 2.16. The first-order valence-electron chi connectivity index (χ1n) is 7.86. The molecule has 0 aliphatic heterocycles. The third-order valence-corrected chi connectivity index (χ3v) is 4.64. The minimum Gasteiger partial charge on any atom is -0.295 e. The summed E-state index contributed by atoms with van der Waals surface area (Å²) >= 11 is 1.31. The number of amides is 1. The van der Waals surface area contributed by atoms with Crippen molar-refractivity contribution in [2.45, 2.75) is 6.42 Å². The largest absolute Gasteiger partial charge is 0.295 e. The van der Waals surface area contributed by atoms with Crippen molar-refractivity contribution in [3.05, 3.63) is 81.2 Å². The number of nitrogens with one attached hydrogen (secondary N) is 2. The Hall–Kier alpha value is -3.39. The molecule has 0 spiro atoms. The summed E-state index contributed by atoms with van der Waals surface area (Å²) in [5, 5.41) is 19.1. The number of anilines is 1. The fraction of sp³-hybridized carbons (Fsp3) is 0.0556. The van der Waals surface area contributed by atoms with Crippen LogP contribution in [0.3, 0.4) is 0 Å². The number of H-pyrrole nitrogens is 1. The normalized spacial score (nSPS) is 10.8. The van der Waals surface area contributed by atoms with Crippen LogP contribution in [0.2, 0.25) is 0 Å². The maximum Gasteiger partial charge on any atom is 0.278 e. The first kappa shape index (κ1) is 16.1. The molecule has 0 saturated carbocycles. The van der Waals surface area contributed by atoms with Gasteiger partial charge in [0.05, 0.1) is 5.39 Å². The van der Waals surface area contributed by atoms with Gasteiger partial charge in [0.25, 0.3) is 11.5 Å². The molecule has 4 aromatic rings. The Morgan fingerprint density at radius 3 is 2.54 bits per heavy atom. The lowest BCUT2D eigenvalue weighted by atomic mass is 10.1. The highest BCUT2D eigenvalue weighted by Crippen LogP contribution is 2.20. The fourth-order valence-electron chi connectivity index (χ4n) is 2.59. The summed E-state index contributed by atoms with van der Waals surface area (Å²) in [5.41, 5.74) is 0.924. The van der Waals surface area contributed by atoms with Crippen LogP contribution in [0.15, 0.2) is 59.4 Å². The molecule has 128 valence electrons. The van der Waals surface area contributed by atoms with E-state index >= 15 is 0 Å². The van der Waals surface area contributed by atoms with Crippen LogP contribution in [0.5, 0.6) is 0 Å². The molecule has 4 rings (SSSR count). The zero-order chi connectivity index (χ0) is 17.9. The van der Waals surface area contributed by atoms with Crippen LogP contribution in [0.1, 0.15) is 21.1 Å². The second-order valence-corrected chi connectivity index (χ2v) is 6.63. The van der Waals surface area contributed by atoms with E-state index in [0.29, 0.717) is 22.3 Å². The Morgan fingerprint density at radius 2 is 1.73 bits per heavy atom. The molecule has 0 saturated heterocycles. The van der Waals surface area contributed by atoms with Crippen LogP contribution in [-0.2, 0) is 6.42 Å². The first-order valence-corrected chi connectivity index (χ1v) is 8.67. The van der Waals surface area contributed by atoms with Gasteiger partial charge in [0.1, 0.15) is 5.01 Å². The van der Waals surface area contributed by atoms with Crippen molar-refractivity contribution in [2.24, 2.45) is 0 Å². The summed E-state index contributed by atoms with van der Waals surface area (Å²) in [6.45, 7) is 0. The maximum atomic E-state index is 12.6. The monoisotopic (exact) mass is 363 g/mol. The van der Waals surface area contributed by atoms with Crippen LogP contribution >= 0.6 is 11.3 Å². The predicted octanol–water partition coefficient (Wildman–Crippen LogP) is 2.62. The molecule has 2 N–H and O–H groups in total. The number of hydrogen-bond acceptors (Lipinski definition) is 6. The number of hydrogen-bond donors (Lipinski definition) is 2. The zero-order valence-corrected chi connectivity index (χ0v) is 14.3. The predicted molar refractivity (Wildman–Crippen MR) is 99.5 cm³/mol. The Labute approximate surface area is 151 Å². The van der Waals surface area contributed by atoms with E-state index in [4.69, 9.17) is 0 Å². The summed E-state index contributed by atoms with van der Waals surface area (Å²) in [6, 6.07) is 16.7. The average molecular weight is 363 g/mol. The number of rotatable bonds is 4. The van der Waals surface area contributed by atoms with Crippen LogP contribution in [-0.4, -0.2) is 26.3 Å². The third kappa shape index (κ3) is 3.22. The number of aromatic nitrogens is 4. The Balaban J connectivity index is 1.56. The van der Waals surface area contributed by atoms with E-state index in [2.05, 4.69) is 25.7 Å². The molecule has 0 aliphatic rings. The lowest BCUT2D eigenvalue weighted by Gasteiger charge is -2.03. The first-order chi connectivity index (χ1) is 12.7. The summed E-state index contributed by atoms with van der Waals surface area (Å²) in [6.07, 6.45) is 0.647. The molecule has 0 atom stereocenters. The number of carbonyl (C=O) groups excluding carboxylic acids is 1. The molecule has 0 bridgehead atoms. The van der Waals surface area contributed by atoms with E-state index in [-0.39, 0.29) is 11.3 Å². The van der Waals surface area contributed by atoms with E-state index < -0.39 is 5.91 Å². The molecular weight excluding hydrogens is 350 g/mol. The lowest BCUT2D eigenvalue weighted by molar-refractivity contribution is 0.102. The van der Waals surface area contributed by atoms with Crippen molar-refractivity contribution in [1.29, 1.82) is 0 Å². The second kappa shape index (κ2) is 6.85. The molecule has 2 aromatic heterocycles. The molecular formula is C18H13N5O2S. The minimum absolute atomic E-state index is 0.139. The van der Waals surface area contributed by atoms with Gasteiger partial charge in [-0.1, -0.05) is 59.9 Å². The summed E-state index contributed by atoms with van der Waals surface area (Å²) in [5.74, 6) is -0.445. The van der Waals surface area contributed by atoms with E-state index in [9.17, 15) is 9.59 Å². The molecule has 0 fully saturated rings. The van der Waals surface area contributed by atoms with E-state index in [1.807, 2.05) is 30.3 Å². The van der Waals surface area contributed by atoms with E-state index in [0.717, 1.165) is 10.6 Å². The second-order valence-electron chi connectivity index (χ2n) is 5.56. The Kier molecular flexibility index (Phi) is 4.24. The van der Waals surface area contributed by atoms with Gasteiger partial charge in [-0.05, 0) is 11.6 Å². The lowest BCUT2D eigenvalue weighted by Crippen LogP contribution is -2.19. The maximum absolute atomic E-state index is 12.6. The van der Waals surface area contributed by atoms with Gasteiger partial charge >= 0.3 is 0 Å². The van der Waals surface area contributed by atoms with Crippen LogP contribution < -0.4 is 10.9 Å². The molecule has 26 heavy (non-hydrogen) atoms. The van der Waals surface area contributed by atoms with Crippen LogP contribution in [0.25, 0.3) is 10.8 Å². The van der Waals surface area contributed by atoms with Gasteiger partial charge in [-0.15, -0.1) is 10.2 Å². The van der Waals surface area contributed by atoms with Gasteiger partial charge in [0.15, 0.2) is 5.69 Å². The molecule has 0 radical (unpaired) electrons. The van der Waals surface area contributed by atoms with Gasteiger partial charge < -0.3 is 0 Å². The van der Waals surface area contributed by atoms with Gasteiger partial charge in [-0.2, -0.15) is 5.10 Å². The molecule has 1 amide bonds. The quantitative estimate of drug-likeness (QED) is 0.580. The smallest absolute Gasteiger partial charge is 0.278 e. The molecule has 0 aliphatic carbocycles. The number of nitrogens with zero attached hydrogens (tertiary/aromatic N) is 3. The van der Waals surface area contributed by atoms with Crippen molar-refractivity contribution >= 4 is 33.1 Å². The molecule has 8 heteroatoms. The Bertz CT molecular complexity index is 1140. The number of carbonyl (C=O) groups is 1. The topological polar surface area (TPSA) is 101 Å². The molecule has 2 aromatic carbocycles. The fourth-order valence-corrected chi connectivity index (χ4v) is 3.36. The Morgan fingerprint density at radius 1 is 1.00 bits per heavy atom. The average Bonchev–Trinajstić information content (AvgIpc) is 3.10. The highest BCUT2D eigenvalue weighted by atomic mass is 32.1. The minimum atomic E-state index is -0.445. The highest BCUT2D eigenvalue weighted by molar-refractivity contribution is 7.15. The third-order valence-electron chi connectivity index (χ3n) is 3.80. The van der Waals surface area contributed by atoms with Gasteiger partial charge in [0, 0.05) is 11.8 Å². The molecule has 2 heterocycles. The van der Waals surface area contributed by atoms with Gasteiger partial charge in [-0.25, -0.2) is 5.10 Å². The van der Waals surface area contributed by atoms with Crippen LogP contribution in [0.4, 0.5) is 5.13 Å². The van der Waals surface area contributed by atoms with Gasteiger partial charge in [-0.3, -0.25) is 14.9 Å². The standard InChI is InChI=1S/C18H13N5O2S/c24-16-13-9-5-4-8-12(13)15(21-22-16)17(25)19-18-23-20-14(26-18)10-11-6-2-1-3-7-11/h1-9H,10H2,(H,22,24)(H,19,23,25). The SMILES string of the molecule is O=C(Nc1nnc(Cc2ccccc2)s1)c1n[nH]c(=O)c2ccccc12. The van der Waals surface area contributed by atoms with Gasteiger partial charge in [0.2, 0.25) is 5.13 Å². The summed E-state index contributed by atoms with van der Waals surface area (Å²) in [4.78, 5) is 24.4. The van der Waals surface area contributed by atoms with Crippen molar-refractivity contribution in [1.82, 2.24) is 20.4 Å². The van der Waals surface area contributed by atoms with E-state index in [1.165, 1.54) is 11.3 Å². The zero-order valence-electron chi connectivity index (χ0n) is 13.5. The summed E-state index contributed by atoms with van der Waals surface area (Å²) in [7, 11) is 0. The summed E-state index contributed by atoms with van der Waals surface area (Å²) < 4.78 is 0. The molecule has 0 unspecified atom stereocenters. The van der Waals surface area contributed by atoms with Crippen molar-refractivity contribution in [3.63, 3.8) is 0 Å². The molecule has 7 nitrogen and oxygen atoms in total. The van der Waals surface area contributed by atoms with Crippen molar-refractivity contribution in [3.8, 4) is 0 Å².